The molecule has 0 radical (unpaired) electrons. The standard InChI is InChI=1S/C30H32N4O3/c1-7-37-29(36)25-19(2)32-20(3)33-26(25)28(35)34-27(30(4,5)6)24(18-31)23-15-13-22(14-16-23)17-21-11-9-8-10-12-21/h8-16H,7,17H2,1-6H3,(H,34,35). The van der Waals surface area contributed by atoms with Crippen LogP contribution < -0.4 is 5.32 Å². The Bertz CT molecular complexity index is 1360. The van der Waals surface area contributed by atoms with Gasteiger partial charge in [-0.2, -0.15) is 5.26 Å². The van der Waals surface area contributed by atoms with Crippen molar-refractivity contribution >= 4 is 17.4 Å². The van der Waals surface area contributed by atoms with E-state index in [4.69, 9.17) is 4.74 Å². The minimum Gasteiger partial charge on any atom is -0.462 e. The van der Waals surface area contributed by atoms with Crippen LogP contribution in [-0.2, 0) is 11.2 Å². The lowest BCUT2D eigenvalue weighted by molar-refractivity contribution is 0.0520. The van der Waals surface area contributed by atoms with Crippen LogP contribution in [0.2, 0.25) is 0 Å². The van der Waals surface area contributed by atoms with Crippen molar-refractivity contribution in [1.29, 1.82) is 5.26 Å². The molecule has 2 aromatic carbocycles. The molecule has 37 heavy (non-hydrogen) atoms. The maximum Gasteiger partial charge on any atom is 0.342 e. The van der Waals surface area contributed by atoms with Crippen LogP contribution in [0, 0.1) is 30.6 Å². The van der Waals surface area contributed by atoms with Gasteiger partial charge < -0.3 is 10.1 Å². The summed E-state index contributed by atoms with van der Waals surface area (Å²) >= 11 is 0. The summed E-state index contributed by atoms with van der Waals surface area (Å²) in [5.74, 6) is -0.914. The Morgan fingerprint density at radius 1 is 0.973 bits per heavy atom. The van der Waals surface area contributed by atoms with Gasteiger partial charge in [-0.3, -0.25) is 4.79 Å². The number of esters is 1. The van der Waals surface area contributed by atoms with E-state index in [1.54, 1.807) is 20.8 Å². The largest absolute Gasteiger partial charge is 0.462 e. The molecule has 7 heteroatoms. The average molecular weight is 497 g/mol. The van der Waals surface area contributed by atoms with E-state index in [9.17, 15) is 14.9 Å². The third-order valence-corrected chi connectivity index (χ3v) is 5.74. The van der Waals surface area contributed by atoms with Crippen LogP contribution in [0.5, 0.6) is 0 Å². The van der Waals surface area contributed by atoms with Crippen molar-refractivity contribution in [2.24, 2.45) is 5.41 Å². The number of allylic oxidation sites excluding steroid dienone is 2. The van der Waals surface area contributed by atoms with E-state index >= 15 is 0 Å². The fourth-order valence-corrected chi connectivity index (χ4v) is 4.01. The van der Waals surface area contributed by atoms with Crippen molar-refractivity contribution in [3.8, 4) is 6.07 Å². The molecule has 1 aromatic heterocycles. The Morgan fingerprint density at radius 2 is 1.59 bits per heavy atom. The quantitative estimate of drug-likeness (QED) is 0.339. The summed E-state index contributed by atoms with van der Waals surface area (Å²) < 4.78 is 5.14. The Kier molecular flexibility index (Phi) is 8.56. The molecule has 1 N–H and O–H groups in total. The molecule has 3 rings (SSSR count). The molecule has 0 fully saturated rings. The van der Waals surface area contributed by atoms with Crippen LogP contribution in [0.1, 0.15) is 76.8 Å². The summed E-state index contributed by atoms with van der Waals surface area (Å²) in [6, 6.07) is 20.2. The third kappa shape index (κ3) is 6.68. The summed E-state index contributed by atoms with van der Waals surface area (Å²) in [7, 11) is 0. The average Bonchev–Trinajstić information content (AvgIpc) is 2.84. The van der Waals surface area contributed by atoms with Gasteiger partial charge in [-0.05, 0) is 43.9 Å². The number of aryl methyl sites for hydroxylation is 2. The van der Waals surface area contributed by atoms with E-state index < -0.39 is 17.3 Å². The molecule has 0 saturated carbocycles. The number of hydrogen-bond acceptors (Lipinski definition) is 6. The monoisotopic (exact) mass is 496 g/mol. The molecule has 3 aromatic rings. The summed E-state index contributed by atoms with van der Waals surface area (Å²) in [6.45, 7) is 10.9. The number of carbonyl (C=O) groups excluding carboxylic acids is 2. The zero-order valence-electron chi connectivity index (χ0n) is 22.2. The van der Waals surface area contributed by atoms with Crippen LogP contribution in [-0.4, -0.2) is 28.5 Å². The predicted molar refractivity (Wildman–Crippen MR) is 143 cm³/mol. The van der Waals surface area contributed by atoms with Crippen molar-refractivity contribution < 1.29 is 14.3 Å². The van der Waals surface area contributed by atoms with Crippen molar-refractivity contribution in [2.75, 3.05) is 6.61 Å². The lowest BCUT2D eigenvalue weighted by Crippen LogP contribution is -2.33. The fourth-order valence-electron chi connectivity index (χ4n) is 4.01. The predicted octanol–water partition coefficient (Wildman–Crippen LogP) is 5.57. The highest BCUT2D eigenvalue weighted by molar-refractivity contribution is 6.05. The molecule has 0 aliphatic rings. The lowest BCUT2D eigenvalue weighted by atomic mass is 9.86. The molecule has 1 amide bonds. The highest BCUT2D eigenvalue weighted by Gasteiger charge is 2.29. The van der Waals surface area contributed by atoms with Gasteiger partial charge >= 0.3 is 5.97 Å². The summed E-state index contributed by atoms with van der Waals surface area (Å²) in [6.07, 6.45) is 0.776. The fraction of sp³-hybridized carbons (Fsp3) is 0.300. The number of hydrogen-bond donors (Lipinski definition) is 1. The number of carbonyl (C=O) groups is 2. The molecule has 7 nitrogen and oxygen atoms in total. The highest BCUT2D eigenvalue weighted by atomic mass is 16.5. The number of nitriles is 1. The van der Waals surface area contributed by atoms with Crippen LogP contribution in [0.15, 0.2) is 60.3 Å². The van der Waals surface area contributed by atoms with Gasteiger partial charge in [-0.15, -0.1) is 0 Å². The van der Waals surface area contributed by atoms with E-state index in [0.29, 0.717) is 28.4 Å². The maximum absolute atomic E-state index is 13.5. The zero-order chi connectivity index (χ0) is 27.2. The summed E-state index contributed by atoms with van der Waals surface area (Å²) in [5.41, 5.74) is 3.46. The molecule has 0 atom stereocenters. The summed E-state index contributed by atoms with van der Waals surface area (Å²) in [4.78, 5) is 34.6. The first kappa shape index (κ1) is 27.3. The van der Waals surface area contributed by atoms with Crippen LogP contribution in [0.4, 0.5) is 0 Å². The second-order valence-electron chi connectivity index (χ2n) is 9.73. The molecule has 0 spiro atoms. The number of amides is 1. The summed E-state index contributed by atoms with van der Waals surface area (Å²) in [5, 5.41) is 13.0. The third-order valence-electron chi connectivity index (χ3n) is 5.74. The van der Waals surface area contributed by atoms with Gasteiger partial charge in [-0.25, -0.2) is 14.8 Å². The molecule has 0 bridgehead atoms. The molecule has 0 saturated heterocycles. The normalized spacial score (nSPS) is 11.8. The molecular formula is C30H32N4O3. The minimum absolute atomic E-state index is 0.0157. The van der Waals surface area contributed by atoms with Gasteiger partial charge in [0.1, 0.15) is 23.2 Å². The van der Waals surface area contributed by atoms with E-state index in [2.05, 4.69) is 33.5 Å². The molecule has 0 unspecified atom stereocenters. The first-order chi connectivity index (χ1) is 17.5. The molecule has 190 valence electrons. The van der Waals surface area contributed by atoms with Crippen LogP contribution >= 0.6 is 0 Å². The van der Waals surface area contributed by atoms with Gasteiger partial charge in [-0.1, -0.05) is 75.4 Å². The molecule has 0 aliphatic heterocycles. The van der Waals surface area contributed by atoms with E-state index in [1.165, 1.54) is 5.56 Å². The molecular weight excluding hydrogens is 464 g/mol. The van der Waals surface area contributed by atoms with Crippen molar-refractivity contribution in [3.05, 3.63) is 99.8 Å². The van der Waals surface area contributed by atoms with Gasteiger partial charge in [0.25, 0.3) is 5.91 Å². The number of benzene rings is 2. The topological polar surface area (TPSA) is 105 Å². The molecule has 0 aliphatic carbocycles. The maximum atomic E-state index is 13.5. The Balaban J connectivity index is 2.01. The van der Waals surface area contributed by atoms with Crippen LogP contribution in [0.25, 0.3) is 5.57 Å². The Labute approximate surface area is 218 Å². The second kappa shape index (κ2) is 11.6. The van der Waals surface area contributed by atoms with Gasteiger partial charge in [0, 0.05) is 11.1 Å². The highest BCUT2D eigenvalue weighted by Crippen LogP contribution is 2.31. The van der Waals surface area contributed by atoms with E-state index in [-0.39, 0.29) is 17.9 Å². The van der Waals surface area contributed by atoms with E-state index in [1.807, 2.05) is 63.2 Å². The van der Waals surface area contributed by atoms with Gasteiger partial charge in [0.2, 0.25) is 0 Å². The molecule has 1 heterocycles. The number of nitrogens with one attached hydrogen (secondary N) is 1. The number of ether oxygens (including phenoxy) is 1. The first-order valence-electron chi connectivity index (χ1n) is 12.2. The Hall–Kier alpha value is -4.31. The van der Waals surface area contributed by atoms with Crippen molar-refractivity contribution in [3.63, 3.8) is 0 Å². The second-order valence-corrected chi connectivity index (χ2v) is 9.73. The SMILES string of the molecule is CCOC(=O)c1c(C)nc(C)nc1C(=O)NC(=C(C#N)c1ccc(Cc2ccccc2)cc1)C(C)(C)C. The zero-order valence-corrected chi connectivity index (χ0v) is 22.2. The smallest absolute Gasteiger partial charge is 0.342 e. The van der Waals surface area contributed by atoms with Gasteiger partial charge in [0.15, 0.2) is 0 Å². The Morgan fingerprint density at radius 3 is 2.16 bits per heavy atom. The van der Waals surface area contributed by atoms with Gasteiger partial charge in [0.05, 0.1) is 17.9 Å². The van der Waals surface area contributed by atoms with Crippen molar-refractivity contribution in [1.82, 2.24) is 15.3 Å². The lowest BCUT2D eigenvalue weighted by Gasteiger charge is -2.26. The first-order valence-corrected chi connectivity index (χ1v) is 12.2. The number of aromatic nitrogens is 2. The van der Waals surface area contributed by atoms with E-state index in [0.717, 1.165) is 12.0 Å². The minimum atomic E-state index is -0.666. The number of rotatable bonds is 7. The van der Waals surface area contributed by atoms with Crippen molar-refractivity contribution in [2.45, 2.75) is 48.0 Å². The van der Waals surface area contributed by atoms with Crippen LogP contribution in [0.3, 0.4) is 0 Å². The number of nitrogens with zero attached hydrogens (tertiary/aromatic N) is 3.